The van der Waals surface area contributed by atoms with Crippen LogP contribution in [-0.2, 0) is 0 Å². The van der Waals surface area contributed by atoms with Gasteiger partial charge in [-0.05, 0) is 38.7 Å². The molecule has 2 heterocycles. The number of ether oxygens (including phenoxy) is 1. The highest BCUT2D eigenvalue weighted by molar-refractivity contribution is 5.94. The Morgan fingerprint density at radius 3 is 2.24 bits per heavy atom. The molecule has 0 spiro atoms. The van der Waals surface area contributed by atoms with E-state index in [1.54, 1.807) is 7.11 Å². The largest absolute Gasteiger partial charge is 0.480 e. The smallest absolute Gasteiger partial charge is 0.226 e. The molecule has 0 bridgehead atoms. The molecule has 2 aromatic heterocycles. The molecule has 0 amide bonds. The van der Waals surface area contributed by atoms with Crippen molar-refractivity contribution in [2.75, 3.05) is 25.6 Å². The van der Waals surface area contributed by atoms with Crippen LogP contribution in [0.3, 0.4) is 0 Å². The number of rotatable bonds is 4. The van der Waals surface area contributed by atoms with Gasteiger partial charge in [-0.2, -0.15) is 0 Å². The topological polar surface area (TPSA) is 51.1 Å². The maximum absolute atomic E-state index is 5.47. The number of anilines is 1. The van der Waals surface area contributed by atoms with Crippen molar-refractivity contribution in [2.45, 2.75) is 60.8 Å². The zero-order chi connectivity index (χ0) is 19.0. The van der Waals surface area contributed by atoms with Gasteiger partial charge in [-0.3, -0.25) is 0 Å². The Labute approximate surface area is 152 Å². The van der Waals surface area contributed by atoms with Crippen LogP contribution in [0.4, 0.5) is 5.82 Å². The quantitative estimate of drug-likeness (QED) is 0.785. The Kier molecular flexibility index (Phi) is 8.59. The molecule has 1 fully saturated rings. The number of methoxy groups -OCH3 is 1. The lowest BCUT2D eigenvalue weighted by Gasteiger charge is -2.31. The van der Waals surface area contributed by atoms with E-state index >= 15 is 0 Å². The first kappa shape index (κ1) is 21.1. The lowest BCUT2D eigenvalue weighted by Crippen LogP contribution is -2.30. The summed E-state index contributed by atoms with van der Waals surface area (Å²) in [4.78, 5) is 15.9. The third-order valence-electron chi connectivity index (χ3n) is 4.18. The van der Waals surface area contributed by atoms with Crippen LogP contribution in [0.5, 0.6) is 5.88 Å². The molecule has 0 saturated heterocycles. The summed E-state index contributed by atoms with van der Waals surface area (Å²) < 4.78 is 5.47. The monoisotopic (exact) mass is 346 g/mol. The van der Waals surface area contributed by atoms with Crippen LogP contribution in [0.2, 0.25) is 0 Å². The Hall–Kier alpha value is -1.91. The molecule has 5 heteroatoms. The van der Waals surface area contributed by atoms with Crippen LogP contribution >= 0.6 is 0 Å². The van der Waals surface area contributed by atoms with Crippen molar-refractivity contribution in [1.82, 2.24) is 15.0 Å². The minimum Gasteiger partial charge on any atom is -0.480 e. The van der Waals surface area contributed by atoms with E-state index in [1.165, 1.54) is 19.3 Å². The third-order valence-corrected chi connectivity index (χ3v) is 4.18. The molecule has 3 rings (SSSR count). The minimum atomic E-state index is 0.612. The van der Waals surface area contributed by atoms with Gasteiger partial charge in [0.1, 0.15) is 17.0 Å². The fourth-order valence-corrected chi connectivity index (χ4v) is 2.91. The van der Waals surface area contributed by atoms with E-state index in [0.29, 0.717) is 5.88 Å². The van der Waals surface area contributed by atoms with Gasteiger partial charge in [0.2, 0.25) is 5.88 Å². The summed E-state index contributed by atoms with van der Waals surface area (Å²) >= 11 is 0. The van der Waals surface area contributed by atoms with Crippen molar-refractivity contribution < 1.29 is 4.74 Å². The molecule has 1 saturated carbocycles. The third kappa shape index (κ3) is 5.03. The van der Waals surface area contributed by atoms with E-state index in [-0.39, 0.29) is 0 Å². The first-order valence-electron chi connectivity index (χ1n) is 9.49. The van der Waals surface area contributed by atoms with Crippen molar-refractivity contribution in [3.8, 4) is 5.88 Å². The molecule has 0 atom stereocenters. The van der Waals surface area contributed by atoms with Crippen LogP contribution in [0.1, 0.15) is 58.5 Å². The zero-order valence-corrected chi connectivity index (χ0v) is 17.2. The first-order valence-corrected chi connectivity index (χ1v) is 9.49. The van der Waals surface area contributed by atoms with E-state index in [2.05, 4.69) is 26.9 Å². The Bertz CT molecular complexity index is 663. The second-order valence-electron chi connectivity index (χ2n) is 5.94. The van der Waals surface area contributed by atoms with E-state index in [0.717, 1.165) is 40.7 Å². The molecule has 0 N–H and O–H groups in total. The SMILES string of the molecule is CC.CC.COc1nc(C)cc2nc(C)nc(N(C)CC3CCC3)c12. The Morgan fingerprint density at radius 2 is 1.72 bits per heavy atom. The first-order chi connectivity index (χ1) is 12.1. The number of aromatic nitrogens is 3. The van der Waals surface area contributed by atoms with Crippen molar-refractivity contribution in [1.29, 1.82) is 0 Å². The summed E-state index contributed by atoms with van der Waals surface area (Å²) in [5.41, 5.74) is 1.81. The van der Waals surface area contributed by atoms with Gasteiger partial charge in [-0.15, -0.1) is 0 Å². The molecule has 25 heavy (non-hydrogen) atoms. The maximum Gasteiger partial charge on any atom is 0.226 e. The summed E-state index contributed by atoms with van der Waals surface area (Å²) in [6, 6.07) is 1.99. The maximum atomic E-state index is 5.47. The van der Waals surface area contributed by atoms with Crippen molar-refractivity contribution in [3.63, 3.8) is 0 Å². The number of nitrogens with zero attached hydrogens (tertiary/aromatic N) is 4. The Balaban J connectivity index is 0.000000730. The van der Waals surface area contributed by atoms with Crippen molar-refractivity contribution in [3.05, 3.63) is 17.6 Å². The highest BCUT2D eigenvalue weighted by Crippen LogP contribution is 2.33. The molecule has 0 unspecified atom stereocenters. The fourth-order valence-electron chi connectivity index (χ4n) is 2.91. The Morgan fingerprint density at radius 1 is 1.08 bits per heavy atom. The van der Waals surface area contributed by atoms with Crippen LogP contribution in [0, 0.1) is 19.8 Å². The lowest BCUT2D eigenvalue weighted by molar-refractivity contribution is 0.321. The number of fused-ring (bicyclic) bond motifs is 1. The molecular weight excluding hydrogens is 312 g/mol. The molecule has 1 aliphatic carbocycles. The van der Waals surface area contributed by atoms with Gasteiger partial charge in [0, 0.05) is 19.3 Å². The molecule has 5 nitrogen and oxygen atoms in total. The highest BCUT2D eigenvalue weighted by atomic mass is 16.5. The summed E-state index contributed by atoms with van der Waals surface area (Å²) in [7, 11) is 3.75. The van der Waals surface area contributed by atoms with E-state index in [4.69, 9.17) is 4.74 Å². The normalized spacial score (nSPS) is 13.1. The van der Waals surface area contributed by atoms with Crippen LogP contribution in [-0.4, -0.2) is 35.7 Å². The van der Waals surface area contributed by atoms with Gasteiger partial charge >= 0.3 is 0 Å². The van der Waals surface area contributed by atoms with Crippen molar-refractivity contribution in [2.24, 2.45) is 5.92 Å². The second-order valence-corrected chi connectivity index (χ2v) is 5.94. The second kappa shape index (κ2) is 10.2. The lowest BCUT2D eigenvalue weighted by atomic mass is 9.85. The summed E-state index contributed by atoms with van der Waals surface area (Å²) in [5, 5.41) is 0.913. The number of pyridine rings is 1. The summed E-state index contributed by atoms with van der Waals surface area (Å²) in [5.74, 6) is 3.10. The average Bonchev–Trinajstić information content (AvgIpc) is 2.59. The predicted octanol–water partition coefficient (Wildman–Crippen LogP) is 4.94. The fraction of sp³-hybridized carbons (Fsp3) is 0.650. The van der Waals surface area contributed by atoms with E-state index in [1.807, 2.05) is 47.6 Å². The zero-order valence-electron chi connectivity index (χ0n) is 17.2. The van der Waals surface area contributed by atoms with Gasteiger partial charge in [0.25, 0.3) is 0 Å². The number of hydrogen-bond donors (Lipinski definition) is 0. The van der Waals surface area contributed by atoms with E-state index in [9.17, 15) is 0 Å². The molecule has 0 aromatic carbocycles. The van der Waals surface area contributed by atoms with Gasteiger partial charge in [0.15, 0.2) is 0 Å². The molecule has 1 aliphatic rings. The van der Waals surface area contributed by atoms with Gasteiger partial charge in [-0.1, -0.05) is 34.1 Å². The molecule has 140 valence electrons. The van der Waals surface area contributed by atoms with Crippen LogP contribution in [0.25, 0.3) is 10.9 Å². The summed E-state index contributed by atoms with van der Waals surface area (Å²) in [6.07, 6.45) is 3.99. The molecule has 0 aliphatic heterocycles. The van der Waals surface area contributed by atoms with Crippen molar-refractivity contribution >= 4 is 16.7 Å². The molecule has 2 aromatic rings. The predicted molar refractivity (Wildman–Crippen MR) is 107 cm³/mol. The number of hydrogen-bond acceptors (Lipinski definition) is 5. The van der Waals surface area contributed by atoms with Crippen LogP contribution in [0.15, 0.2) is 6.07 Å². The van der Waals surface area contributed by atoms with Gasteiger partial charge in [-0.25, -0.2) is 15.0 Å². The molecule has 0 radical (unpaired) electrons. The minimum absolute atomic E-state index is 0.612. The van der Waals surface area contributed by atoms with E-state index < -0.39 is 0 Å². The standard InChI is InChI=1S/C16H22N4O.2C2H6/c1-10-8-13-14(16(17-10)21-4)15(19-11(2)18-13)20(3)9-12-6-5-7-12;2*1-2/h8,12H,5-7,9H2,1-4H3;2*1-2H3. The van der Waals surface area contributed by atoms with Gasteiger partial charge < -0.3 is 9.64 Å². The van der Waals surface area contributed by atoms with Gasteiger partial charge in [0.05, 0.1) is 12.6 Å². The molecular formula is C20H34N4O. The average molecular weight is 347 g/mol. The summed E-state index contributed by atoms with van der Waals surface area (Å²) in [6.45, 7) is 12.9. The number of aryl methyl sites for hydroxylation is 2. The highest BCUT2D eigenvalue weighted by Gasteiger charge is 2.22. The van der Waals surface area contributed by atoms with Crippen LogP contribution < -0.4 is 9.64 Å².